The second-order valence-corrected chi connectivity index (χ2v) is 12.8. The Morgan fingerprint density at radius 2 is 1.58 bits per heavy atom. The van der Waals surface area contributed by atoms with Crippen molar-refractivity contribution in [1.82, 2.24) is 10.2 Å². The molecular formula is C36H46ClN3O5. The van der Waals surface area contributed by atoms with Gasteiger partial charge in [0, 0.05) is 13.0 Å². The highest BCUT2D eigenvalue weighted by Gasteiger charge is 2.37. The van der Waals surface area contributed by atoms with E-state index in [9.17, 15) is 19.5 Å². The summed E-state index contributed by atoms with van der Waals surface area (Å²) in [6.07, 6.45) is 1.78. The fraction of sp³-hybridized carbons (Fsp3) is 0.417. The van der Waals surface area contributed by atoms with E-state index in [-0.39, 0.29) is 18.7 Å². The van der Waals surface area contributed by atoms with Crippen LogP contribution in [-0.2, 0) is 20.7 Å². The minimum absolute atomic E-state index is 0.0874. The molecule has 0 aliphatic heterocycles. The van der Waals surface area contributed by atoms with Crippen molar-refractivity contribution >= 4 is 35.2 Å². The molecule has 0 aliphatic carbocycles. The highest BCUT2D eigenvalue weighted by Crippen LogP contribution is 2.32. The number of hydrogen-bond donors (Lipinski definition) is 3. The van der Waals surface area contributed by atoms with E-state index in [4.69, 9.17) is 16.3 Å². The van der Waals surface area contributed by atoms with Crippen LogP contribution in [0.15, 0.2) is 60.7 Å². The number of hydrogen-bond acceptors (Lipinski definition) is 5. The summed E-state index contributed by atoms with van der Waals surface area (Å²) in [6, 6.07) is 15.5. The molecule has 9 heteroatoms. The number of nitrogens with one attached hydrogen (secondary N) is 2. The van der Waals surface area contributed by atoms with Crippen LogP contribution in [0.3, 0.4) is 0 Å². The van der Waals surface area contributed by atoms with Gasteiger partial charge in [-0.2, -0.15) is 0 Å². The first-order valence-electron chi connectivity index (χ1n) is 15.4. The van der Waals surface area contributed by atoms with Gasteiger partial charge in [-0.15, -0.1) is 0 Å². The number of rotatable bonds is 12. The molecule has 3 aromatic carbocycles. The first kappa shape index (κ1) is 35.4. The summed E-state index contributed by atoms with van der Waals surface area (Å²) in [6.45, 7) is 13.4. The number of alkyl carbamates (subject to hydrolysis) is 1. The van der Waals surface area contributed by atoms with Crippen molar-refractivity contribution in [1.29, 1.82) is 0 Å². The lowest BCUT2D eigenvalue weighted by Crippen LogP contribution is -2.53. The number of nitrogens with zero attached hydrogens (tertiary/aromatic N) is 1. The van der Waals surface area contributed by atoms with Crippen molar-refractivity contribution in [3.63, 3.8) is 0 Å². The number of para-hydroxylation sites is 1. The van der Waals surface area contributed by atoms with Crippen LogP contribution in [0.2, 0.25) is 5.02 Å². The summed E-state index contributed by atoms with van der Waals surface area (Å²) < 4.78 is 5.53. The lowest BCUT2D eigenvalue weighted by atomic mass is 9.94. The number of ether oxygens (including phenoxy) is 1. The number of unbranched alkanes of at least 4 members (excludes halogenated alkanes) is 2. The van der Waals surface area contributed by atoms with Gasteiger partial charge in [0.05, 0.1) is 10.7 Å². The molecule has 3 rings (SSSR count). The number of amides is 3. The Morgan fingerprint density at radius 3 is 2.20 bits per heavy atom. The number of phenolic OH excluding ortho intramolecular Hbond substituents is 1. The van der Waals surface area contributed by atoms with Gasteiger partial charge in [-0.3, -0.25) is 9.59 Å². The zero-order chi connectivity index (χ0) is 33.3. The normalized spacial score (nSPS) is 12.6. The van der Waals surface area contributed by atoms with Crippen LogP contribution in [0, 0.1) is 20.8 Å². The summed E-state index contributed by atoms with van der Waals surface area (Å²) >= 11 is 6.51. The standard InChI is InChI=1S/C36H46ClN3O5/c1-8-9-10-21-40(34(43)30(38-35(44)45-36(5,6)7)22-26-17-19-27(41)20-18-26)32(28-15-11-13-23(2)25(28)4)33(42)39-31-24(3)14-12-16-29(31)37/h11-20,30,32,41H,8-10,21-22H2,1-7H3,(H,38,44)(H,39,42). The number of carbonyl (C=O) groups is 3. The Balaban J connectivity index is 2.14. The molecule has 0 radical (unpaired) electrons. The second-order valence-electron chi connectivity index (χ2n) is 12.4. The van der Waals surface area contributed by atoms with Crippen LogP contribution < -0.4 is 10.6 Å². The zero-order valence-corrected chi connectivity index (χ0v) is 28.1. The lowest BCUT2D eigenvalue weighted by Gasteiger charge is -2.35. The van der Waals surface area contributed by atoms with Crippen LogP contribution in [0.25, 0.3) is 0 Å². The van der Waals surface area contributed by atoms with Gasteiger partial charge in [0.1, 0.15) is 23.4 Å². The van der Waals surface area contributed by atoms with Gasteiger partial charge in [0.25, 0.3) is 5.91 Å². The van der Waals surface area contributed by atoms with E-state index in [0.717, 1.165) is 35.1 Å². The molecule has 8 nitrogen and oxygen atoms in total. The molecule has 3 amide bonds. The smallest absolute Gasteiger partial charge is 0.408 e. The second kappa shape index (κ2) is 15.8. The maximum Gasteiger partial charge on any atom is 0.408 e. The summed E-state index contributed by atoms with van der Waals surface area (Å²) in [5, 5.41) is 16.0. The molecule has 2 unspecified atom stereocenters. The van der Waals surface area contributed by atoms with Crippen LogP contribution in [-0.4, -0.2) is 46.1 Å². The molecule has 0 bridgehead atoms. The summed E-state index contributed by atoms with van der Waals surface area (Å²) in [5.41, 5.74) is 3.75. The average Bonchev–Trinajstić information content (AvgIpc) is 2.96. The molecule has 3 aromatic rings. The van der Waals surface area contributed by atoms with Gasteiger partial charge in [-0.05, 0) is 94.0 Å². The van der Waals surface area contributed by atoms with E-state index in [2.05, 4.69) is 17.6 Å². The third-order valence-corrected chi connectivity index (χ3v) is 7.94. The molecule has 45 heavy (non-hydrogen) atoms. The lowest BCUT2D eigenvalue weighted by molar-refractivity contribution is -0.140. The molecule has 0 spiro atoms. The largest absolute Gasteiger partial charge is 0.508 e. The van der Waals surface area contributed by atoms with Crippen LogP contribution >= 0.6 is 11.6 Å². The monoisotopic (exact) mass is 635 g/mol. The number of carbonyl (C=O) groups excluding carboxylic acids is 3. The molecule has 0 saturated heterocycles. The Labute approximate surface area is 272 Å². The fourth-order valence-corrected chi connectivity index (χ4v) is 5.39. The van der Waals surface area contributed by atoms with E-state index in [1.807, 2.05) is 51.1 Å². The van der Waals surface area contributed by atoms with Gasteiger partial charge < -0.3 is 25.4 Å². The van der Waals surface area contributed by atoms with Crippen molar-refractivity contribution in [3.8, 4) is 5.75 Å². The average molecular weight is 636 g/mol. The third-order valence-electron chi connectivity index (χ3n) is 7.62. The van der Waals surface area contributed by atoms with Gasteiger partial charge >= 0.3 is 6.09 Å². The number of aryl methyl sites for hydroxylation is 2. The van der Waals surface area contributed by atoms with E-state index < -0.39 is 35.6 Å². The Kier molecular flexibility index (Phi) is 12.4. The maximum absolute atomic E-state index is 14.7. The van der Waals surface area contributed by atoms with Crippen molar-refractivity contribution in [2.75, 3.05) is 11.9 Å². The number of benzene rings is 3. The summed E-state index contributed by atoms with van der Waals surface area (Å²) in [7, 11) is 0. The van der Waals surface area contributed by atoms with Crippen molar-refractivity contribution in [2.24, 2.45) is 0 Å². The highest BCUT2D eigenvalue weighted by atomic mass is 35.5. The Bertz CT molecular complexity index is 1460. The van der Waals surface area contributed by atoms with Gasteiger partial charge in [0.15, 0.2) is 0 Å². The number of aromatic hydroxyl groups is 1. The van der Waals surface area contributed by atoms with Crippen molar-refractivity contribution in [3.05, 3.63) is 93.5 Å². The van der Waals surface area contributed by atoms with E-state index in [1.54, 1.807) is 43.9 Å². The SMILES string of the molecule is CCCCCN(C(=O)C(Cc1ccc(O)cc1)NC(=O)OC(C)(C)C)C(C(=O)Nc1c(C)cccc1Cl)c1cccc(C)c1C. The molecule has 0 aliphatic rings. The first-order valence-corrected chi connectivity index (χ1v) is 15.8. The van der Waals surface area contributed by atoms with E-state index >= 15 is 0 Å². The maximum atomic E-state index is 14.7. The predicted molar refractivity (Wildman–Crippen MR) is 180 cm³/mol. The van der Waals surface area contributed by atoms with Crippen LogP contribution in [0.4, 0.5) is 10.5 Å². The van der Waals surface area contributed by atoms with Gasteiger partial charge in [0.2, 0.25) is 5.91 Å². The molecule has 0 fully saturated rings. The van der Waals surface area contributed by atoms with Crippen LogP contribution in [0.5, 0.6) is 5.75 Å². The quantitative estimate of drug-likeness (QED) is 0.176. The topological polar surface area (TPSA) is 108 Å². The number of phenols is 1. The Morgan fingerprint density at radius 1 is 0.933 bits per heavy atom. The summed E-state index contributed by atoms with van der Waals surface area (Å²) in [4.78, 5) is 43.7. The van der Waals surface area contributed by atoms with Crippen molar-refractivity contribution < 1.29 is 24.2 Å². The van der Waals surface area contributed by atoms with Crippen LogP contribution in [0.1, 0.15) is 80.8 Å². The minimum atomic E-state index is -1.06. The predicted octanol–water partition coefficient (Wildman–Crippen LogP) is 7.81. The molecule has 2 atom stereocenters. The molecule has 242 valence electrons. The van der Waals surface area contributed by atoms with Gasteiger partial charge in [-0.25, -0.2) is 4.79 Å². The molecule has 3 N–H and O–H groups in total. The van der Waals surface area contributed by atoms with Crippen molar-refractivity contribution in [2.45, 2.75) is 91.8 Å². The number of anilines is 1. The molecular weight excluding hydrogens is 590 g/mol. The van der Waals surface area contributed by atoms with E-state index in [0.29, 0.717) is 22.7 Å². The minimum Gasteiger partial charge on any atom is -0.508 e. The zero-order valence-electron chi connectivity index (χ0n) is 27.4. The third kappa shape index (κ3) is 9.98. The fourth-order valence-electron chi connectivity index (χ4n) is 5.12. The molecule has 0 aromatic heterocycles. The highest BCUT2D eigenvalue weighted by molar-refractivity contribution is 6.34. The molecule has 0 saturated carbocycles. The Hall–Kier alpha value is -4.04. The first-order chi connectivity index (χ1) is 21.2. The molecule has 0 heterocycles. The summed E-state index contributed by atoms with van der Waals surface area (Å²) in [5.74, 6) is -0.753. The van der Waals surface area contributed by atoms with Gasteiger partial charge in [-0.1, -0.05) is 73.8 Å². The van der Waals surface area contributed by atoms with E-state index in [1.165, 1.54) is 12.1 Å². The number of halogens is 1.